The molecule has 1 heterocycles. The summed E-state index contributed by atoms with van der Waals surface area (Å²) in [4.78, 5) is 0. The molecule has 2 rings (SSSR count). The van der Waals surface area contributed by atoms with E-state index in [0.29, 0.717) is 6.54 Å². The summed E-state index contributed by atoms with van der Waals surface area (Å²) in [5, 5.41) is 5.36. The van der Waals surface area contributed by atoms with Crippen LogP contribution in [0.5, 0.6) is 0 Å². The molecular weight excluding hydrogens is 246 g/mol. The molecule has 3 nitrogen and oxygen atoms in total. The van der Waals surface area contributed by atoms with Crippen molar-refractivity contribution >= 4 is 11.6 Å². The molecule has 0 spiro atoms. The largest absolute Gasteiger partial charge is 0.330 e. The van der Waals surface area contributed by atoms with Gasteiger partial charge in [-0.3, -0.25) is 0 Å². The Hall–Kier alpha value is -1.32. The maximum atomic E-state index is 5.98. The normalized spacial score (nSPS) is 10.9. The van der Waals surface area contributed by atoms with Crippen molar-refractivity contribution in [2.45, 2.75) is 27.2 Å². The van der Waals surface area contributed by atoms with E-state index in [-0.39, 0.29) is 0 Å². The fourth-order valence-corrected chi connectivity index (χ4v) is 2.50. The summed E-state index contributed by atoms with van der Waals surface area (Å²) in [5.41, 5.74) is 11.3. The highest BCUT2D eigenvalue weighted by Gasteiger charge is 2.13. The molecule has 0 saturated heterocycles. The minimum Gasteiger partial charge on any atom is -0.330 e. The average molecular weight is 264 g/mol. The predicted octanol–water partition coefficient (Wildman–Crippen LogP) is 2.95. The van der Waals surface area contributed by atoms with Crippen LogP contribution in [0.3, 0.4) is 0 Å². The third-order valence-electron chi connectivity index (χ3n) is 3.22. The lowest BCUT2D eigenvalue weighted by Gasteiger charge is -2.09. The molecule has 0 atom stereocenters. The third kappa shape index (κ3) is 2.28. The molecule has 0 bridgehead atoms. The number of hydrogen-bond acceptors (Lipinski definition) is 2. The summed E-state index contributed by atoms with van der Waals surface area (Å²) in [6.45, 7) is 6.80. The number of benzene rings is 1. The Kier molecular flexibility index (Phi) is 3.73. The van der Waals surface area contributed by atoms with E-state index in [1.54, 1.807) is 0 Å². The fraction of sp³-hybridized carbons (Fsp3) is 0.357. The van der Waals surface area contributed by atoms with Crippen LogP contribution in [-0.4, -0.2) is 16.3 Å². The lowest BCUT2D eigenvalue weighted by molar-refractivity contribution is 0.826. The first-order chi connectivity index (χ1) is 8.54. The van der Waals surface area contributed by atoms with Crippen molar-refractivity contribution in [2.75, 3.05) is 6.54 Å². The number of aryl methyl sites for hydroxylation is 2. The monoisotopic (exact) mass is 263 g/mol. The Balaban J connectivity index is 2.54. The fourth-order valence-electron chi connectivity index (χ4n) is 2.27. The first-order valence-electron chi connectivity index (χ1n) is 6.06. The van der Waals surface area contributed by atoms with Crippen LogP contribution in [0, 0.1) is 20.8 Å². The van der Waals surface area contributed by atoms with E-state index in [4.69, 9.17) is 17.3 Å². The minimum atomic E-state index is 0.646. The number of nitrogens with two attached hydrogens (primary N) is 1. The molecule has 18 heavy (non-hydrogen) atoms. The quantitative estimate of drug-likeness (QED) is 0.925. The van der Waals surface area contributed by atoms with Gasteiger partial charge in [0.2, 0.25) is 0 Å². The lowest BCUT2D eigenvalue weighted by atomic mass is 10.1. The smallest absolute Gasteiger partial charge is 0.0679 e. The average Bonchev–Trinajstić information content (AvgIpc) is 2.58. The first kappa shape index (κ1) is 13.1. The molecule has 0 radical (unpaired) electrons. The molecule has 2 N–H and O–H groups in total. The highest BCUT2D eigenvalue weighted by molar-refractivity contribution is 6.30. The molecule has 0 amide bonds. The highest BCUT2D eigenvalue weighted by Crippen LogP contribution is 2.23. The van der Waals surface area contributed by atoms with Gasteiger partial charge in [-0.2, -0.15) is 5.10 Å². The van der Waals surface area contributed by atoms with Crippen LogP contribution in [0.2, 0.25) is 5.02 Å². The van der Waals surface area contributed by atoms with Gasteiger partial charge in [-0.1, -0.05) is 11.6 Å². The van der Waals surface area contributed by atoms with Crippen molar-refractivity contribution in [3.8, 4) is 5.69 Å². The van der Waals surface area contributed by atoms with E-state index in [1.165, 1.54) is 5.56 Å². The summed E-state index contributed by atoms with van der Waals surface area (Å²) in [5.74, 6) is 0. The molecule has 96 valence electrons. The van der Waals surface area contributed by atoms with Crippen molar-refractivity contribution in [1.29, 1.82) is 0 Å². The number of aromatic nitrogens is 2. The van der Waals surface area contributed by atoms with Crippen LogP contribution in [0.15, 0.2) is 18.2 Å². The maximum absolute atomic E-state index is 5.98. The van der Waals surface area contributed by atoms with Crippen molar-refractivity contribution in [1.82, 2.24) is 9.78 Å². The zero-order valence-corrected chi connectivity index (χ0v) is 11.8. The molecule has 1 aromatic heterocycles. The van der Waals surface area contributed by atoms with Crippen molar-refractivity contribution in [3.63, 3.8) is 0 Å². The van der Waals surface area contributed by atoms with Crippen LogP contribution in [0.4, 0.5) is 0 Å². The second-order valence-electron chi connectivity index (χ2n) is 4.53. The van der Waals surface area contributed by atoms with Crippen LogP contribution < -0.4 is 5.73 Å². The molecule has 1 aromatic carbocycles. The van der Waals surface area contributed by atoms with Crippen LogP contribution >= 0.6 is 11.6 Å². The van der Waals surface area contributed by atoms with Crippen molar-refractivity contribution in [3.05, 3.63) is 45.7 Å². The standard InChI is InChI=1S/C14H18ClN3/c1-9-8-12(15)4-5-14(9)18-11(3)13(6-7-16)10(2)17-18/h4-5,8H,6-7,16H2,1-3H3. The molecule has 0 aliphatic heterocycles. The minimum absolute atomic E-state index is 0.646. The van der Waals surface area contributed by atoms with Crippen LogP contribution in [0.25, 0.3) is 5.69 Å². The summed E-state index contributed by atoms with van der Waals surface area (Å²) in [6, 6.07) is 5.85. The van der Waals surface area contributed by atoms with Gasteiger partial charge in [0.05, 0.1) is 11.4 Å². The molecule has 0 aliphatic rings. The van der Waals surface area contributed by atoms with Crippen LogP contribution in [-0.2, 0) is 6.42 Å². The zero-order chi connectivity index (χ0) is 13.3. The van der Waals surface area contributed by atoms with E-state index in [0.717, 1.165) is 34.1 Å². The Labute approximate surface area is 113 Å². The van der Waals surface area contributed by atoms with E-state index >= 15 is 0 Å². The highest BCUT2D eigenvalue weighted by atomic mass is 35.5. The molecule has 0 fully saturated rings. The molecule has 0 unspecified atom stereocenters. The molecule has 2 aromatic rings. The molecule has 0 saturated carbocycles. The lowest BCUT2D eigenvalue weighted by Crippen LogP contribution is -2.05. The summed E-state index contributed by atoms with van der Waals surface area (Å²) < 4.78 is 1.98. The molecular formula is C14H18ClN3. The van der Waals surface area contributed by atoms with Gasteiger partial charge in [0, 0.05) is 10.7 Å². The van der Waals surface area contributed by atoms with Gasteiger partial charge in [0.1, 0.15) is 0 Å². The van der Waals surface area contributed by atoms with E-state index in [9.17, 15) is 0 Å². The van der Waals surface area contributed by atoms with Gasteiger partial charge in [0.25, 0.3) is 0 Å². The second kappa shape index (κ2) is 5.12. The second-order valence-corrected chi connectivity index (χ2v) is 4.97. The van der Waals surface area contributed by atoms with E-state index in [2.05, 4.69) is 12.0 Å². The topological polar surface area (TPSA) is 43.8 Å². The maximum Gasteiger partial charge on any atom is 0.0679 e. The Morgan fingerprint density at radius 2 is 2.00 bits per heavy atom. The Morgan fingerprint density at radius 1 is 1.28 bits per heavy atom. The van der Waals surface area contributed by atoms with Gasteiger partial charge < -0.3 is 5.73 Å². The van der Waals surface area contributed by atoms with E-state index in [1.807, 2.05) is 36.7 Å². The van der Waals surface area contributed by atoms with Crippen LogP contribution in [0.1, 0.15) is 22.5 Å². The Bertz CT molecular complexity index is 573. The summed E-state index contributed by atoms with van der Waals surface area (Å²) in [6.07, 6.45) is 0.865. The number of halogens is 1. The molecule has 4 heteroatoms. The summed E-state index contributed by atoms with van der Waals surface area (Å²) >= 11 is 5.98. The van der Waals surface area contributed by atoms with Gasteiger partial charge in [-0.25, -0.2) is 4.68 Å². The zero-order valence-electron chi connectivity index (χ0n) is 11.0. The van der Waals surface area contributed by atoms with E-state index < -0.39 is 0 Å². The summed E-state index contributed by atoms with van der Waals surface area (Å²) in [7, 11) is 0. The predicted molar refractivity (Wildman–Crippen MR) is 75.5 cm³/mol. The third-order valence-corrected chi connectivity index (χ3v) is 3.46. The first-order valence-corrected chi connectivity index (χ1v) is 6.44. The number of hydrogen-bond donors (Lipinski definition) is 1. The van der Waals surface area contributed by atoms with Gasteiger partial charge in [0.15, 0.2) is 0 Å². The van der Waals surface area contributed by atoms with Gasteiger partial charge in [-0.15, -0.1) is 0 Å². The Morgan fingerprint density at radius 3 is 2.61 bits per heavy atom. The number of nitrogens with zero attached hydrogens (tertiary/aromatic N) is 2. The van der Waals surface area contributed by atoms with Crippen molar-refractivity contribution in [2.24, 2.45) is 5.73 Å². The SMILES string of the molecule is Cc1cc(Cl)ccc1-n1nc(C)c(CCN)c1C. The number of rotatable bonds is 3. The van der Waals surface area contributed by atoms with Gasteiger partial charge in [-0.05, 0) is 63.1 Å². The van der Waals surface area contributed by atoms with Crippen molar-refractivity contribution < 1.29 is 0 Å². The van der Waals surface area contributed by atoms with Gasteiger partial charge >= 0.3 is 0 Å². The molecule has 0 aliphatic carbocycles.